The zero-order chi connectivity index (χ0) is 7.56. The Labute approximate surface area is 71.2 Å². The standard InChI is InChI=1S/C6H5FINO/c7-5-1-4(3-10)2-9-6(5)8/h1-2,10H,3H2. The summed E-state index contributed by atoms with van der Waals surface area (Å²) in [4.78, 5) is 3.70. The molecule has 10 heavy (non-hydrogen) atoms. The fourth-order valence-electron chi connectivity index (χ4n) is 0.547. The minimum atomic E-state index is -0.382. The Balaban J connectivity index is 3.04. The fourth-order valence-corrected chi connectivity index (χ4v) is 0.842. The molecule has 0 atom stereocenters. The van der Waals surface area contributed by atoms with Crippen LogP contribution in [0.1, 0.15) is 5.56 Å². The second-order valence-corrected chi connectivity index (χ2v) is 2.80. The number of nitrogens with zero attached hydrogens (tertiary/aromatic N) is 1. The summed E-state index contributed by atoms with van der Waals surface area (Å²) in [6.45, 7) is -0.166. The largest absolute Gasteiger partial charge is 0.392 e. The smallest absolute Gasteiger partial charge is 0.155 e. The van der Waals surface area contributed by atoms with Gasteiger partial charge in [-0.25, -0.2) is 9.37 Å². The summed E-state index contributed by atoms with van der Waals surface area (Å²) in [7, 11) is 0. The van der Waals surface area contributed by atoms with E-state index in [1.54, 1.807) is 22.6 Å². The monoisotopic (exact) mass is 253 g/mol. The molecular weight excluding hydrogens is 248 g/mol. The highest BCUT2D eigenvalue weighted by molar-refractivity contribution is 14.1. The zero-order valence-corrected chi connectivity index (χ0v) is 7.17. The lowest BCUT2D eigenvalue weighted by Gasteiger charge is -1.95. The van der Waals surface area contributed by atoms with Crippen LogP contribution in [0.15, 0.2) is 12.3 Å². The van der Waals surface area contributed by atoms with Gasteiger partial charge in [0.25, 0.3) is 0 Å². The molecule has 0 aromatic carbocycles. The highest BCUT2D eigenvalue weighted by atomic mass is 127. The van der Waals surface area contributed by atoms with Gasteiger partial charge in [0.05, 0.1) is 6.61 Å². The van der Waals surface area contributed by atoms with Gasteiger partial charge in [-0.2, -0.15) is 0 Å². The maximum absolute atomic E-state index is 12.6. The van der Waals surface area contributed by atoms with E-state index in [4.69, 9.17) is 5.11 Å². The molecule has 4 heteroatoms. The number of aromatic nitrogens is 1. The highest BCUT2D eigenvalue weighted by Crippen LogP contribution is 2.08. The molecule has 0 saturated heterocycles. The van der Waals surface area contributed by atoms with Crippen molar-refractivity contribution in [3.05, 3.63) is 27.3 Å². The Kier molecular flexibility index (Phi) is 2.56. The quantitative estimate of drug-likeness (QED) is 0.604. The molecule has 0 unspecified atom stereocenters. The van der Waals surface area contributed by atoms with E-state index in [2.05, 4.69) is 4.98 Å². The van der Waals surface area contributed by atoms with Gasteiger partial charge in [0, 0.05) is 6.20 Å². The van der Waals surface area contributed by atoms with Crippen LogP contribution >= 0.6 is 22.6 Å². The lowest BCUT2D eigenvalue weighted by Crippen LogP contribution is -1.91. The van der Waals surface area contributed by atoms with Gasteiger partial charge in [0.2, 0.25) is 0 Å². The van der Waals surface area contributed by atoms with Crippen LogP contribution < -0.4 is 0 Å². The van der Waals surface area contributed by atoms with Crippen molar-refractivity contribution >= 4 is 22.6 Å². The minimum absolute atomic E-state index is 0.166. The lowest BCUT2D eigenvalue weighted by atomic mass is 10.3. The van der Waals surface area contributed by atoms with Crippen LogP contribution in [0.5, 0.6) is 0 Å². The Morgan fingerprint density at radius 1 is 1.70 bits per heavy atom. The number of aliphatic hydroxyl groups is 1. The van der Waals surface area contributed by atoms with Crippen molar-refractivity contribution in [2.24, 2.45) is 0 Å². The van der Waals surface area contributed by atoms with Crippen LogP contribution in [0.2, 0.25) is 0 Å². The third kappa shape index (κ3) is 1.63. The van der Waals surface area contributed by atoms with Gasteiger partial charge in [0.15, 0.2) is 5.82 Å². The molecule has 2 nitrogen and oxygen atoms in total. The molecule has 0 fully saturated rings. The molecule has 1 N–H and O–H groups in total. The summed E-state index contributed by atoms with van der Waals surface area (Å²) >= 11 is 1.79. The summed E-state index contributed by atoms with van der Waals surface area (Å²) < 4.78 is 12.9. The number of pyridine rings is 1. The van der Waals surface area contributed by atoms with Crippen LogP contribution in [0.4, 0.5) is 4.39 Å². The normalized spacial score (nSPS) is 9.90. The number of rotatable bonds is 1. The predicted molar refractivity (Wildman–Crippen MR) is 42.8 cm³/mol. The summed E-state index contributed by atoms with van der Waals surface area (Å²) in [6.07, 6.45) is 1.45. The molecule has 0 bridgehead atoms. The van der Waals surface area contributed by atoms with Gasteiger partial charge >= 0.3 is 0 Å². The van der Waals surface area contributed by atoms with Crippen molar-refractivity contribution in [1.29, 1.82) is 0 Å². The van der Waals surface area contributed by atoms with Gasteiger partial charge in [-0.15, -0.1) is 0 Å². The van der Waals surface area contributed by atoms with Gasteiger partial charge in [-0.1, -0.05) is 0 Å². The number of aliphatic hydroxyl groups excluding tert-OH is 1. The second-order valence-electron chi connectivity index (χ2n) is 1.77. The van der Waals surface area contributed by atoms with Crippen LogP contribution in [0.25, 0.3) is 0 Å². The Morgan fingerprint density at radius 2 is 2.40 bits per heavy atom. The minimum Gasteiger partial charge on any atom is -0.392 e. The molecule has 1 aromatic heterocycles. The first-order valence-electron chi connectivity index (χ1n) is 2.65. The average Bonchev–Trinajstić information content (AvgIpc) is 1.95. The predicted octanol–water partition coefficient (Wildman–Crippen LogP) is 1.32. The molecule has 0 aliphatic heterocycles. The van der Waals surface area contributed by atoms with E-state index in [0.29, 0.717) is 9.26 Å². The molecule has 0 amide bonds. The van der Waals surface area contributed by atoms with E-state index in [0.717, 1.165) is 0 Å². The summed E-state index contributed by atoms with van der Waals surface area (Å²) in [5, 5.41) is 8.54. The molecule has 1 heterocycles. The van der Waals surface area contributed by atoms with Gasteiger partial charge < -0.3 is 5.11 Å². The van der Waals surface area contributed by atoms with Gasteiger partial charge in [-0.3, -0.25) is 0 Å². The first kappa shape index (κ1) is 7.87. The maximum atomic E-state index is 12.6. The summed E-state index contributed by atoms with van der Waals surface area (Å²) in [6, 6.07) is 1.27. The van der Waals surface area contributed by atoms with Crippen molar-refractivity contribution in [2.45, 2.75) is 6.61 Å². The fraction of sp³-hybridized carbons (Fsp3) is 0.167. The van der Waals surface area contributed by atoms with E-state index in [1.807, 2.05) is 0 Å². The number of hydrogen-bond donors (Lipinski definition) is 1. The average molecular weight is 253 g/mol. The Bertz CT molecular complexity index is 241. The Hall–Kier alpha value is -0.230. The SMILES string of the molecule is OCc1cnc(I)c(F)c1. The molecule has 1 aromatic rings. The van der Waals surface area contributed by atoms with E-state index in [1.165, 1.54) is 12.3 Å². The Morgan fingerprint density at radius 3 is 2.90 bits per heavy atom. The molecular formula is C6H5FINO. The van der Waals surface area contributed by atoms with Crippen molar-refractivity contribution in [3.8, 4) is 0 Å². The number of hydrogen-bond acceptors (Lipinski definition) is 2. The molecule has 54 valence electrons. The van der Waals surface area contributed by atoms with Crippen LogP contribution in [0.3, 0.4) is 0 Å². The summed E-state index contributed by atoms with van der Waals surface area (Å²) in [5.41, 5.74) is 0.498. The lowest BCUT2D eigenvalue weighted by molar-refractivity contribution is 0.280. The van der Waals surface area contributed by atoms with E-state index >= 15 is 0 Å². The van der Waals surface area contributed by atoms with Crippen molar-refractivity contribution in [2.75, 3.05) is 0 Å². The molecule has 0 spiro atoms. The first-order valence-corrected chi connectivity index (χ1v) is 3.72. The van der Waals surface area contributed by atoms with E-state index < -0.39 is 0 Å². The van der Waals surface area contributed by atoms with E-state index in [9.17, 15) is 4.39 Å². The van der Waals surface area contributed by atoms with Gasteiger partial charge in [0.1, 0.15) is 3.70 Å². The topological polar surface area (TPSA) is 33.1 Å². The molecule has 0 aliphatic rings. The van der Waals surface area contributed by atoms with Crippen LogP contribution in [-0.4, -0.2) is 10.1 Å². The van der Waals surface area contributed by atoms with E-state index in [-0.39, 0.29) is 12.4 Å². The van der Waals surface area contributed by atoms with Crippen molar-refractivity contribution < 1.29 is 9.50 Å². The highest BCUT2D eigenvalue weighted by Gasteiger charge is 1.99. The third-order valence-corrected chi connectivity index (χ3v) is 1.83. The molecule has 1 rings (SSSR count). The molecule has 0 aliphatic carbocycles. The molecule has 0 radical (unpaired) electrons. The van der Waals surface area contributed by atoms with Crippen LogP contribution in [0, 0.1) is 9.52 Å². The van der Waals surface area contributed by atoms with Gasteiger partial charge in [-0.05, 0) is 34.2 Å². The summed E-state index contributed by atoms with van der Waals surface area (Å²) in [5.74, 6) is -0.382. The van der Waals surface area contributed by atoms with Crippen LogP contribution in [-0.2, 0) is 6.61 Å². The first-order chi connectivity index (χ1) is 4.74. The molecule has 0 saturated carbocycles. The van der Waals surface area contributed by atoms with Crippen molar-refractivity contribution in [3.63, 3.8) is 0 Å². The van der Waals surface area contributed by atoms with Crippen molar-refractivity contribution in [1.82, 2.24) is 4.98 Å². The third-order valence-electron chi connectivity index (χ3n) is 1.04. The maximum Gasteiger partial charge on any atom is 0.155 e. The second kappa shape index (κ2) is 3.25. The number of halogens is 2. The zero-order valence-electron chi connectivity index (χ0n) is 5.01.